The first kappa shape index (κ1) is 26.0. The maximum atomic E-state index is 11.7. The number of carbonyl (C=O) groups excluding carboxylic acids is 1. The molecule has 0 bridgehead atoms. The molecule has 2 aromatic rings. The van der Waals surface area contributed by atoms with Gasteiger partial charge in [0.25, 0.3) is 0 Å². The normalized spacial score (nSPS) is 17.0. The predicted molar refractivity (Wildman–Crippen MR) is 144 cm³/mol. The molecule has 0 radical (unpaired) electrons. The second-order valence-corrected chi connectivity index (χ2v) is 9.56. The van der Waals surface area contributed by atoms with E-state index in [9.17, 15) is 4.79 Å². The molecule has 1 fully saturated rings. The van der Waals surface area contributed by atoms with Gasteiger partial charge in [-0.25, -0.2) is 4.79 Å². The zero-order valence-electron chi connectivity index (χ0n) is 20.4. The van der Waals surface area contributed by atoms with Crippen LogP contribution in [0.3, 0.4) is 0 Å². The Morgan fingerprint density at radius 2 is 2.00 bits per heavy atom. The van der Waals surface area contributed by atoms with Crippen molar-refractivity contribution in [3.63, 3.8) is 0 Å². The van der Waals surface area contributed by atoms with Crippen LogP contribution in [0.4, 0.5) is 5.69 Å². The monoisotopic (exact) mass is 531 g/mol. The summed E-state index contributed by atoms with van der Waals surface area (Å²) in [6.45, 7) is 1.90. The van der Waals surface area contributed by atoms with E-state index >= 15 is 0 Å². The molecule has 192 valence electrons. The van der Waals surface area contributed by atoms with Crippen LogP contribution in [0.25, 0.3) is 0 Å². The SMILES string of the molecule is CCOC(=O)COc1ccc2c(c1)/C(=N\NC(=S)Nc1ccc(OC)c(Cl)c1)CC1(CCCCC1)O2. The summed E-state index contributed by atoms with van der Waals surface area (Å²) in [5, 5.41) is 8.56. The second kappa shape index (κ2) is 11.8. The summed E-state index contributed by atoms with van der Waals surface area (Å²) < 4.78 is 22.3. The number of rotatable bonds is 7. The number of hydrazone groups is 1. The molecule has 1 saturated carbocycles. The second-order valence-electron chi connectivity index (χ2n) is 8.75. The first-order valence-corrected chi connectivity index (χ1v) is 12.8. The van der Waals surface area contributed by atoms with E-state index in [1.807, 2.05) is 18.2 Å². The van der Waals surface area contributed by atoms with Gasteiger partial charge in [-0.1, -0.05) is 18.0 Å². The van der Waals surface area contributed by atoms with Crippen molar-refractivity contribution in [1.82, 2.24) is 5.43 Å². The Kier molecular flexibility index (Phi) is 8.53. The lowest BCUT2D eigenvalue weighted by Crippen LogP contribution is -2.44. The summed E-state index contributed by atoms with van der Waals surface area (Å²) in [4.78, 5) is 11.7. The van der Waals surface area contributed by atoms with E-state index in [-0.39, 0.29) is 12.2 Å². The number of hydrogen-bond acceptors (Lipinski definition) is 7. The minimum atomic E-state index is -0.418. The quantitative estimate of drug-likeness (QED) is 0.276. The van der Waals surface area contributed by atoms with Crippen LogP contribution in [0.1, 0.15) is 51.0 Å². The summed E-state index contributed by atoms with van der Waals surface area (Å²) in [6.07, 6.45) is 6.04. The predicted octanol–water partition coefficient (Wildman–Crippen LogP) is 5.47. The first-order valence-electron chi connectivity index (χ1n) is 12.0. The van der Waals surface area contributed by atoms with Crippen molar-refractivity contribution in [2.45, 2.75) is 51.0 Å². The third-order valence-corrected chi connectivity index (χ3v) is 6.70. The number of halogens is 1. The largest absolute Gasteiger partial charge is 0.495 e. The van der Waals surface area contributed by atoms with Gasteiger partial charge in [0.05, 0.1) is 24.5 Å². The highest BCUT2D eigenvalue weighted by Crippen LogP contribution is 2.43. The van der Waals surface area contributed by atoms with Crippen molar-refractivity contribution in [2.24, 2.45) is 5.10 Å². The van der Waals surface area contributed by atoms with Gasteiger partial charge < -0.3 is 24.3 Å². The van der Waals surface area contributed by atoms with E-state index in [0.717, 1.165) is 42.7 Å². The summed E-state index contributed by atoms with van der Waals surface area (Å²) in [6, 6.07) is 10.8. The molecule has 0 saturated heterocycles. The molecule has 1 aliphatic heterocycles. The van der Waals surface area contributed by atoms with Crippen LogP contribution in [0.5, 0.6) is 17.2 Å². The Bertz CT molecular complexity index is 1150. The van der Waals surface area contributed by atoms with E-state index in [2.05, 4.69) is 15.8 Å². The minimum absolute atomic E-state index is 0.166. The Morgan fingerprint density at radius 1 is 1.19 bits per heavy atom. The van der Waals surface area contributed by atoms with E-state index in [1.165, 1.54) is 6.42 Å². The van der Waals surface area contributed by atoms with E-state index in [4.69, 9.17) is 42.8 Å². The number of thiocarbonyl (C=S) groups is 1. The number of nitrogens with zero attached hydrogens (tertiary/aromatic N) is 1. The average molecular weight is 532 g/mol. The van der Waals surface area contributed by atoms with Gasteiger partial charge in [-0.15, -0.1) is 0 Å². The van der Waals surface area contributed by atoms with Crippen molar-refractivity contribution in [2.75, 3.05) is 25.6 Å². The van der Waals surface area contributed by atoms with Crippen LogP contribution in [0.2, 0.25) is 5.02 Å². The molecular formula is C26H30ClN3O5S. The van der Waals surface area contributed by atoms with Gasteiger partial charge in [-0.3, -0.25) is 5.43 Å². The number of ether oxygens (including phenoxy) is 4. The number of anilines is 1. The molecule has 2 aromatic carbocycles. The number of nitrogens with one attached hydrogen (secondary N) is 2. The summed E-state index contributed by atoms with van der Waals surface area (Å²) in [5.74, 6) is 1.44. The Balaban J connectivity index is 1.53. The highest BCUT2D eigenvalue weighted by molar-refractivity contribution is 7.80. The molecule has 1 heterocycles. The van der Waals surface area contributed by atoms with Crippen LogP contribution in [0.15, 0.2) is 41.5 Å². The fraction of sp³-hybridized carbons (Fsp3) is 0.423. The van der Waals surface area contributed by atoms with E-state index in [1.54, 1.807) is 32.2 Å². The summed E-state index contributed by atoms with van der Waals surface area (Å²) in [5.41, 5.74) is 5.01. The summed E-state index contributed by atoms with van der Waals surface area (Å²) >= 11 is 11.7. The standard InChI is InChI=1S/C26H30ClN3O5S/c1-3-33-24(31)16-34-18-8-10-22-19(14-18)21(15-26(35-22)11-5-4-6-12-26)29-30-25(36)28-17-7-9-23(32-2)20(27)13-17/h7-10,13-14H,3-6,11-12,15-16H2,1-2H3,(H2,28,30,36)/b29-21-. The minimum Gasteiger partial charge on any atom is -0.495 e. The third kappa shape index (κ3) is 6.39. The molecule has 0 amide bonds. The van der Waals surface area contributed by atoms with Crippen LogP contribution in [0, 0.1) is 0 Å². The summed E-state index contributed by atoms with van der Waals surface area (Å²) in [7, 11) is 1.56. The molecule has 1 aliphatic carbocycles. The zero-order chi connectivity index (χ0) is 25.5. The lowest BCUT2D eigenvalue weighted by molar-refractivity contribution is -0.145. The van der Waals surface area contributed by atoms with Crippen molar-refractivity contribution >= 4 is 46.3 Å². The van der Waals surface area contributed by atoms with Crippen LogP contribution in [-0.2, 0) is 9.53 Å². The van der Waals surface area contributed by atoms with Gasteiger partial charge in [0.2, 0.25) is 0 Å². The van der Waals surface area contributed by atoms with Gasteiger partial charge >= 0.3 is 5.97 Å². The number of carbonyl (C=O) groups is 1. The number of methoxy groups -OCH3 is 1. The van der Waals surface area contributed by atoms with Crippen molar-refractivity contribution < 1.29 is 23.7 Å². The Hall–Kier alpha value is -3.04. The van der Waals surface area contributed by atoms with Gasteiger partial charge in [-0.05, 0) is 81.2 Å². The molecule has 2 aliphatic rings. The molecule has 10 heteroatoms. The lowest BCUT2D eigenvalue weighted by Gasteiger charge is -2.41. The maximum Gasteiger partial charge on any atom is 0.344 e. The van der Waals surface area contributed by atoms with Gasteiger partial charge in [0.1, 0.15) is 22.8 Å². The van der Waals surface area contributed by atoms with Crippen molar-refractivity contribution in [1.29, 1.82) is 0 Å². The van der Waals surface area contributed by atoms with Crippen LogP contribution in [-0.4, -0.2) is 42.7 Å². The average Bonchev–Trinajstić information content (AvgIpc) is 2.87. The van der Waals surface area contributed by atoms with Crippen molar-refractivity contribution in [3.8, 4) is 17.2 Å². The molecule has 0 aromatic heterocycles. The van der Waals surface area contributed by atoms with Gasteiger partial charge in [-0.2, -0.15) is 5.10 Å². The number of esters is 1. The Morgan fingerprint density at radius 3 is 2.72 bits per heavy atom. The fourth-order valence-electron chi connectivity index (χ4n) is 4.52. The van der Waals surface area contributed by atoms with Gasteiger partial charge in [0, 0.05) is 17.7 Å². The fourth-order valence-corrected chi connectivity index (χ4v) is 4.95. The maximum absolute atomic E-state index is 11.7. The molecule has 1 spiro atoms. The first-order chi connectivity index (χ1) is 17.4. The van der Waals surface area contributed by atoms with Gasteiger partial charge in [0.15, 0.2) is 11.7 Å². The van der Waals surface area contributed by atoms with E-state index < -0.39 is 5.97 Å². The molecule has 36 heavy (non-hydrogen) atoms. The Labute approximate surface area is 221 Å². The van der Waals surface area contributed by atoms with Crippen LogP contribution >= 0.6 is 23.8 Å². The molecular weight excluding hydrogens is 502 g/mol. The number of hydrogen-bond donors (Lipinski definition) is 2. The topological polar surface area (TPSA) is 90.4 Å². The lowest BCUT2D eigenvalue weighted by atomic mass is 9.78. The van der Waals surface area contributed by atoms with E-state index in [0.29, 0.717) is 40.3 Å². The number of fused-ring (bicyclic) bond motifs is 1. The molecule has 0 unspecified atom stereocenters. The smallest absolute Gasteiger partial charge is 0.344 e. The molecule has 8 nitrogen and oxygen atoms in total. The number of benzene rings is 2. The molecule has 2 N–H and O–H groups in total. The molecule has 4 rings (SSSR count). The molecule has 0 atom stereocenters. The highest BCUT2D eigenvalue weighted by Gasteiger charge is 2.40. The van der Waals surface area contributed by atoms with Crippen molar-refractivity contribution in [3.05, 3.63) is 47.0 Å². The third-order valence-electron chi connectivity index (χ3n) is 6.21. The zero-order valence-corrected chi connectivity index (χ0v) is 22.0. The van der Waals surface area contributed by atoms with Crippen LogP contribution < -0.4 is 25.0 Å². The highest BCUT2D eigenvalue weighted by atomic mass is 35.5.